The SMILES string of the molecule is CCOC(=O)C1=C(C)N=c2s/c(=C/c3cn(Cc4ccc(I)cc4)c4ccccc34)c(=O)n2[C@H]1c1cccc2ccccc12. The lowest BCUT2D eigenvalue weighted by molar-refractivity contribution is -0.139. The van der Waals surface area contributed by atoms with Crippen molar-refractivity contribution in [3.63, 3.8) is 0 Å². The van der Waals surface area contributed by atoms with Gasteiger partial charge >= 0.3 is 5.97 Å². The number of fused-ring (bicyclic) bond motifs is 3. The summed E-state index contributed by atoms with van der Waals surface area (Å²) in [6, 6.07) is 30.1. The van der Waals surface area contributed by atoms with Crippen molar-refractivity contribution in [3.8, 4) is 0 Å². The fourth-order valence-corrected chi connectivity index (χ4v) is 7.42. The van der Waals surface area contributed by atoms with Crippen LogP contribution in [0.15, 0.2) is 118 Å². The van der Waals surface area contributed by atoms with Crippen molar-refractivity contribution in [1.29, 1.82) is 0 Å². The molecule has 6 aromatic rings. The van der Waals surface area contributed by atoms with Crippen LogP contribution in [0.1, 0.15) is 36.6 Å². The van der Waals surface area contributed by atoms with E-state index in [-0.39, 0.29) is 12.2 Å². The van der Waals surface area contributed by atoms with Crippen LogP contribution < -0.4 is 14.9 Å². The monoisotopic (exact) mass is 709 g/mol. The van der Waals surface area contributed by atoms with Crippen LogP contribution in [0.5, 0.6) is 0 Å². The first-order chi connectivity index (χ1) is 21.4. The topological polar surface area (TPSA) is 65.6 Å². The minimum Gasteiger partial charge on any atom is -0.463 e. The fourth-order valence-electron chi connectivity index (χ4n) is 6.02. The number of nitrogens with zero attached hydrogens (tertiary/aromatic N) is 3. The van der Waals surface area contributed by atoms with Crippen LogP contribution in [-0.2, 0) is 16.1 Å². The predicted molar refractivity (Wildman–Crippen MR) is 185 cm³/mol. The summed E-state index contributed by atoms with van der Waals surface area (Å²) in [5, 5.41) is 3.08. The van der Waals surface area contributed by atoms with E-state index in [9.17, 15) is 9.59 Å². The molecule has 1 atom stereocenters. The zero-order valence-corrected chi connectivity index (χ0v) is 27.1. The van der Waals surface area contributed by atoms with Gasteiger partial charge in [-0.25, -0.2) is 9.79 Å². The average molecular weight is 710 g/mol. The second-order valence-electron chi connectivity index (χ2n) is 10.7. The lowest BCUT2D eigenvalue weighted by Crippen LogP contribution is -2.40. The molecule has 0 N–H and O–H groups in total. The van der Waals surface area contributed by atoms with E-state index < -0.39 is 12.0 Å². The van der Waals surface area contributed by atoms with Gasteiger partial charge in [-0.1, -0.05) is 84.1 Å². The van der Waals surface area contributed by atoms with Crippen LogP contribution in [0.2, 0.25) is 0 Å². The van der Waals surface area contributed by atoms with Gasteiger partial charge < -0.3 is 9.30 Å². The number of hydrogen-bond acceptors (Lipinski definition) is 5. The molecular formula is C36H28IN3O3S. The van der Waals surface area contributed by atoms with E-state index in [2.05, 4.69) is 69.8 Å². The maximum atomic E-state index is 14.3. The molecule has 2 aromatic heterocycles. The molecule has 0 saturated carbocycles. The smallest absolute Gasteiger partial charge is 0.338 e. The van der Waals surface area contributed by atoms with Crippen molar-refractivity contribution in [2.45, 2.75) is 26.4 Å². The summed E-state index contributed by atoms with van der Waals surface area (Å²) < 4.78 is 11.1. The molecule has 0 bridgehead atoms. The standard InChI is InChI=1S/C36H28IN3O3S/c1-3-43-35(42)32-22(2)38-36-40(33(32)29-13-8-10-24-9-4-5-11-27(24)29)34(41)31(44-36)19-25-21-39(30-14-7-6-12-28(25)30)20-23-15-17-26(37)18-16-23/h4-19,21,33H,3,20H2,1-2H3/b31-19+/t33-/m0/s1. The molecule has 6 nitrogen and oxygen atoms in total. The van der Waals surface area contributed by atoms with Crippen LogP contribution in [0, 0.1) is 3.57 Å². The van der Waals surface area contributed by atoms with Gasteiger partial charge in [0, 0.05) is 32.8 Å². The highest BCUT2D eigenvalue weighted by molar-refractivity contribution is 14.1. The molecule has 1 aliphatic rings. The number of carbonyl (C=O) groups excluding carboxylic acids is 1. The Labute approximate surface area is 271 Å². The second-order valence-corrected chi connectivity index (χ2v) is 13.0. The van der Waals surface area contributed by atoms with Crippen LogP contribution in [0.4, 0.5) is 0 Å². The molecule has 0 saturated heterocycles. The first-order valence-electron chi connectivity index (χ1n) is 14.4. The van der Waals surface area contributed by atoms with E-state index >= 15 is 0 Å². The van der Waals surface area contributed by atoms with Gasteiger partial charge in [-0.15, -0.1) is 0 Å². The Bertz CT molecular complexity index is 2290. The van der Waals surface area contributed by atoms with Gasteiger partial charge in [0.1, 0.15) is 0 Å². The van der Waals surface area contributed by atoms with Gasteiger partial charge in [0.2, 0.25) is 0 Å². The van der Waals surface area contributed by atoms with E-state index in [0.717, 1.165) is 39.3 Å². The molecule has 0 spiro atoms. The Kier molecular flexibility index (Phi) is 7.55. The zero-order chi connectivity index (χ0) is 30.4. The Morgan fingerprint density at radius 2 is 1.70 bits per heavy atom. The highest BCUT2D eigenvalue weighted by Gasteiger charge is 2.34. The second kappa shape index (κ2) is 11.7. The first kappa shape index (κ1) is 28.5. The van der Waals surface area contributed by atoms with Crippen LogP contribution in [0.25, 0.3) is 27.8 Å². The molecule has 4 aromatic carbocycles. The highest BCUT2D eigenvalue weighted by atomic mass is 127. The molecule has 0 radical (unpaired) electrons. The van der Waals surface area contributed by atoms with E-state index in [1.165, 1.54) is 20.5 Å². The molecule has 44 heavy (non-hydrogen) atoms. The molecule has 3 heterocycles. The molecule has 0 aliphatic carbocycles. The average Bonchev–Trinajstić information content (AvgIpc) is 3.53. The van der Waals surface area contributed by atoms with Gasteiger partial charge in [-0.2, -0.15) is 0 Å². The maximum Gasteiger partial charge on any atom is 0.338 e. The van der Waals surface area contributed by atoms with E-state index in [1.807, 2.05) is 67.6 Å². The highest BCUT2D eigenvalue weighted by Crippen LogP contribution is 2.35. The molecule has 7 rings (SSSR count). The van der Waals surface area contributed by atoms with Crippen molar-refractivity contribution in [3.05, 3.63) is 148 Å². The maximum absolute atomic E-state index is 14.3. The van der Waals surface area contributed by atoms with Gasteiger partial charge in [0.05, 0.1) is 28.5 Å². The largest absolute Gasteiger partial charge is 0.463 e. The van der Waals surface area contributed by atoms with Gasteiger partial charge in [0.25, 0.3) is 5.56 Å². The van der Waals surface area contributed by atoms with Gasteiger partial charge in [0.15, 0.2) is 4.80 Å². The predicted octanol–water partition coefficient (Wildman–Crippen LogP) is 6.56. The third-order valence-electron chi connectivity index (χ3n) is 8.01. The number of benzene rings is 4. The number of thiazole rings is 1. The summed E-state index contributed by atoms with van der Waals surface area (Å²) in [4.78, 5) is 33.1. The quantitative estimate of drug-likeness (QED) is 0.146. The summed E-state index contributed by atoms with van der Waals surface area (Å²) in [6.45, 7) is 4.55. The Hall–Kier alpha value is -4.28. The Balaban J connectivity index is 1.42. The van der Waals surface area contributed by atoms with E-state index in [1.54, 1.807) is 11.5 Å². The first-order valence-corrected chi connectivity index (χ1v) is 16.3. The zero-order valence-electron chi connectivity index (χ0n) is 24.2. The fraction of sp³-hybridized carbons (Fsp3) is 0.139. The number of allylic oxidation sites excluding steroid dienone is 1. The molecule has 0 unspecified atom stereocenters. The van der Waals surface area contributed by atoms with E-state index in [0.29, 0.717) is 20.6 Å². The van der Waals surface area contributed by atoms with Crippen molar-refractivity contribution < 1.29 is 9.53 Å². The Morgan fingerprint density at radius 3 is 2.50 bits per heavy atom. The number of halogens is 1. The summed E-state index contributed by atoms with van der Waals surface area (Å²) >= 11 is 3.66. The lowest BCUT2D eigenvalue weighted by atomic mass is 9.91. The summed E-state index contributed by atoms with van der Waals surface area (Å²) in [5.74, 6) is -0.459. The number of carbonyl (C=O) groups is 1. The van der Waals surface area contributed by atoms with Crippen LogP contribution >= 0.6 is 33.9 Å². The normalized spacial score (nSPS) is 15.1. The van der Waals surface area contributed by atoms with E-state index in [4.69, 9.17) is 9.73 Å². The number of esters is 1. The molecule has 0 fully saturated rings. The Morgan fingerprint density at radius 1 is 0.977 bits per heavy atom. The van der Waals surface area contributed by atoms with Gasteiger partial charge in [-0.3, -0.25) is 9.36 Å². The third-order valence-corrected chi connectivity index (χ3v) is 9.71. The lowest BCUT2D eigenvalue weighted by Gasteiger charge is -2.25. The third kappa shape index (κ3) is 5.01. The van der Waals surface area contributed by atoms with Crippen LogP contribution in [-0.4, -0.2) is 21.7 Å². The summed E-state index contributed by atoms with van der Waals surface area (Å²) in [7, 11) is 0. The molecule has 8 heteroatoms. The minimum atomic E-state index is -0.666. The minimum absolute atomic E-state index is 0.185. The number of hydrogen-bond donors (Lipinski definition) is 0. The summed E-state index contributed by atoms with van der Waals surface area (Å²) in [6.07, 6.45) is 4.07. The van der Waals surface area contributed by atoms with Crippen LogP contribution in [0.3, 0.4) is 0 Å². The van der Waals surface area contributed by atoms with Crippen molar-refractivity contribution in [1.82, 2.24) is 9.13 Å². The molecule has 1 aliphatic heterocycles. The van der Waals surface area contributed by atoms with Crippen molar-refractivity contribution >= 4 is 67.6 Å². The molecule has 218 valence electrons. The molecule has 0 amide bonds. The number of ether oxygens (including phenoxy) is 1. The molecular weight excluding hydrogens is 681 g/mol. The van der Waals surface area contributed by atoms with Gasteiger partial charge in [-0.05, 0) is 82.6 Å². The number of para-hydroxylation sites is 1. The number of aromatic nitrogens is 2. The van der Waals surface area contributed by atoms with Crippen molar-refractivity contribution in [2.75, 3.05) is 6.61 Å². The number of rotatable bonds is 6. The van der Waals surface area contributed by atoms with Crippen molar-refractivity contribution in [2.24, 2.45) is 4.99 Å². The summed E-state index contributed by atoms with van der Waals surface area (Å²) in [5.41, 5.74) is 4.88.